The summed E-state index contributed by atoms with van der Waals surface area (Å²) in [7, 11) is 0. The fourth-order valence-corrected chi connectivity index (χ4v) is 4.66. The molecule has 0 bridgehead atoms. The number of hydrogen-bond donors (Lipinski definition) is 0. The smallest absolute Gasteiger partial charge is 0.275 e. The number of fused-ring (bicyclic) bond motifs is 1. The molecular formula is C20H22F2N4OS. The van der Waals surface area contributed by atoms with E-state index in [1.807, 2.05) is 0 Å². The van der Waals surface area contributed by atoms with Gasteiger partial charge in [-0.15, -0.1) is 5.10 Å². The second-order valence-electron chi connectivity index (χ2n) is 7.30. The summed E-state index contributed by atoms with van der Waals surface area (Å²) in [5, 5.41) is 5.27. The highest BCUT2D eigenvalue weighted by Crippen LogP contribution is 2.28. The largest absolute Gasteiger partial charge is 0.347 e. The number of nitrogens with zero attached hydrogens (tertiary/aromatic N) is 4. The summed E-state index contributed by atoms with van der Waals surface area (Å²) >= 11 is 1.44. The van der Waals surface area contributed by atoms with Gasteiger partial charge < -0.3 is 4.90 Å². The minimum atomic E-state index is -0.805. The summed E-state index contributed by atoms with van der Waals surface area (Å²) in [5.74, 6) is -1.17. The highest BCUT2D eigenvalue weighted by molar-refractivity contribution is 7.20. The van der Waals surface area contributed by atoms with Crippen LogP contribution >= 0.6 is 11.3 Å². The van der Waals surface area contributed by atoms with Crippen LogP contribution in [0.15, 0.2) is 29.1 Å². The van der Waals surface area contributed by atoms with Gasteiger partial charge in [0, 0.05) is 24.8 Å². The van der Waals surface area contributed by atoms with E-state index < -0.39 is 11.6 Å². The van der Waals surface area contributed by atoms with Gasteiger partial charge in [-0.3, -0.25) is 4.79 Å². The molecule has 0 atom stereocenters. The number of hydrogen-bond acceptors (Lipinski definition) is 5. The molecule has 4 rings (SSSR count). The van der Waals surface area contributed by atoms with Crippen molar-refractivity contribution >= 4 is 21.4 Å². The normalized spacial score (nSPS) is 15.5. The third kappa shape index (κ3) is 3.92. The molecule has 2 aromatic heterocycles. The molecule has 1 aromatic carbocycles. The molecule has 0 spiro atoms. The SMILES string of the molecule is CCCc1cc(=O)n2nc(N3CCC(Cc4ccc(F)c(F)c4)CC3)sc2n1. The molecule has 0 saturated carbocycles. The van der Waals surface area contributed by atoms with E-state index in [9.17, 15) is 13.6 Å². The lowest BCUT2D eigenvalue weighted by molar-refractivity contribution is 0.401. The van der Waals surface area contributed by atoms with E-state index in [1.165, 1.54) is 28.0 Å². The van der Waals surface area contributed by atoms with E-state index in [1.54, 1.807) is 12.1 Å². The van der Waals surface area contributed by atoms with Crippen molar-refractivity contribution in [1.82, 2.24) is 14.6 Å². The predicted octanol–water partition coefficient (Wildman–Crippen LogP) is 3.84. The first kappa shape index (κ1) is 19.0. The van der Waals surface area contributed by atoms with Gasteiger partial charge >= 0.3 is 0 Å². The maximum Gasteiger partial charge on any atom is 0.275 e. The molecule has 0 unspecified atom stereocenters. The first-order chi connectivity index (χ1) is 13.5. The molecule has 148 valence electrons. The molecule has 3 aromatic rings. The van der Waals surface area contributed by atoms with Crippen molar-refractivity contribution in [1.29, 1.82) is 0 Å². The highest BCUT2D eigenvalue weighted by atomic mass is 32.1. The molecule has 0 N–H and O–H groups in total. The lowest BCUT2D eigenvalue weighted by atomic mass is 9.90. The van der Waals surface area contributed by atoms with Gasteiger partial charge in [0.15, 0.2) is 11.6 Å². The number of piperidine rings is 1. The van der Waals surface area contributed by atoms with Crippen LogP contribution in [0, 0.1) is 17.6 Å². The van der Waals surface area contributed by atoms with Crippen molar-refractivity contribution in [2.75, 3.05) is 18.0 Å². The van der Waals surface area contributed by atoms with Gasteiger partial charge in [0.05, 0.1) is 0 Å². The standard InChI is InChI=1S/C20H22F2N4OS/c1-2-3-15-12-18(27)26-19(23-15)28-20(24-26)25-8-6-13(7-9-25)10-14-4-5-16(21)17(22)11-14/h4-5,11-13H,2-3,6-10H2,1H3. The Morgan fingerprint density at radius 2 is 1.96 bits per heavy atom. The summed E-state index contributed by atoms with van der Waals surface area (Å²) in [6.45, 7) is 3.71. The van der Waals surface area contributed by atoms with Gasteiger partial charge in [0.25, 0.3) is 5.56 Å². The zero-order valence-electron chi connectivity index (χ0n) is 15.7. The Morgan fingerprint density at radius 3 is 2.68 bits per heavy atom. The maximum absolute atomic E-state index is 13.4. The van der Waals surface area contributed by atoms with Crippen LogP contribution in [0.4, 0.5) is 13.9 Å². The summed E-state index contributed by atoms with van der Waals surface area (Å²) in [5.41, 5.74) is 1.51. The number of halogens is 2. The summed E-state index contributed by atoms with van der Waals surface area (Å²) in [6.07, 6.45) is 4.36. The topological polar surface area (TPSA) is 50.5 Å². The van der Waals surface area contributed by atoms with E-state index in [-0.39, 0.29) is 5.56 Å². The number of rotatable bonds is 5. The second-order valence-corrected chi connectivity index (χ2v) is 8.23. The zero-order chi connectivity index (χ0) is 19.7. The summed E-state index contributed by atoms with van der Waals surface area (Å²) < 4.78 is 27.9. The Morgan fingerprint density at radius 1 is 1.18 bits per heavy atom. The van der Waals surface area contributed by atoms with Crippen LogP contribution in [0.1, 0.15) is 37.4 Å². The van der Waals surface area contributed by atoms with E-state index in [2.05, 4.69) is 21.9 Å². The number of anilines is 1. The van der Waals surface area contributed by atoms with Gasteiger partial charge in [-0.1, -0.05) is 30.7 Å². The Bertz CT molecular complexity index is 1040. The highest BCUT2D eigenvalue weighted by Gasteiger charge is 2.23. The molecule has 1 aliphatic rings. The molecule has 0 amide bonds. The lowest BCUT2D eigenvalue weighted by Gasteiger charge is -2.31. The predicted molar refractivity (Wildman–Crippen MR) is 106 cm³/mol. The molecule has 1 aliphatic heterocycles. The van der Waals surface area contributed by atoms with Crippen LogP contribution in [0.2, 0.25) is 0 Å². The van der Waals surface area contributed by atoms with Gasteiger partial charge in [-0.2, -0.15) is 4.52 Å². The van der Waals surface area contributed by atoms with Crippen LogP contribution in [-0.2, 0) is 12.8 Å². The lowest BCUT2D eigenvalue weighted by Crippen LogP contribution is -2.34. The van der Waals surface area contributed by atoms with E-state index in [0.717, 1.165) is 61.6 Å². The van der Waals surface area contributed by atoms with Crippen LogP contribution in [0.3, 0.4) is 0 Å². The summed E-state index contributed by atoms with van der Waals surface area (Å²) in [4.78, 5) is 19.6. The molecule has 28 heavy (non-hydrogen) atoms. The number of benzene rings is 1. The zero-order valence-corrected chi connectivity index (χ0v) is 16.5. The molecule has 8 heteroatoms. The maximum atomic E-state index is 13.4. The van der Waals surface area contributed by atoms with Crippen LogP contribution < -0.4 is 10.5 Å². The van der Waals surface area contributed by atoms with Gasteiger partial charge in [0.1, 0.15) is 0 Å². The van der Waals surface area contributed by atoms with Crippen LogP contribution in [-0.4, -0.2) is 27.7 Å². The Labute approximate surface area is 165 Å². The van der Waals surface area contributed by atoms with Crippen LogP contribution in [0.25, 0.3) is 4.96 Å². The fourth-order valence-electron chi connectivity index (χ4n) is 3.69. The molecule has 1 saturated heterocycles. The van der Waals surface area contributed by atoms with E-state index in [0.29, 0.717) is 10.9 Å². The quantitative estimate of drug-likeness (QED) is 0.648. The van der Waals surface area contributed by atoms with Crippen molar-refractivity contribution in [2.45, 2.75) is 39.0 Å². The fraction of sp³-hybridized carbons (Fsp3) is 0.450. The van der Waals surface area contributed by atoms with Crippen molar-refractivity contribution in [3.8, 4) is 0 Å². The van der Waals surface area contributed by atoms with Crippen molar-refractivity contribution in [3.05, 3.63) is 57.5 Å². The van der Waals surface area contributed by atoms with Gasteiger partial charge in [0.2, 0.25) is 10.1 Å². The molecular weight excluding hydrogens is 382 g/mol. The molecule has 1 fully saturated rings. The molecule has 5 nitrogen and oxygen atoms in total. The molecule has 0 radical (unpaired) electrons. The van der Waals surface area contributed by atoms with Crippen LogP contribution in [0.5, 0.6) is 0 Å². The third-order valence-electron chi connectivity index (χ3n) is 5.19. The second kappa shape index (κ2) is 7.95. The van der Waals surface area contributed by atoms with E-state index in [4.69, 9.17) is 0 Å². The Kier molecular flexibility index (Phi) is 5.39. The van der Waals surface area contributed by atoms with E-state index >= 15 is 0 Å². The van der Waals surface area contributed by atoms with Gasteiger partial charge in [-0.05, 0) is 49.3 Å². The van der Waals surface area contributed by atoms with Crippen molar-refractivity contribution < 1.29 is 8.78 Å². The Hall–Kier alpha value is -2.35. The summed E-state index contributed by atoms with van der Waals surface area (Å²) in [6, 6.07) is 5.71. The first-order valence-corrected chi connectivity index (χ1v) is 10.4. The number of aromatic nitrogens is 3. The number of aryl methyl sites for hydroxylation is 1. The van der Waals surface area contributed by atoms with Crippen molar-refractivity contribution in [2.24, 2.45) is 5.92 Å². The average Bonchev–Trinajstić information content (AvgIpc) is 3.10. The first-order valence-electron chi connectivity index (χ1n) is 9.62. The monoisotopic (exact) mass is 404 g/mol. The average molecular weight is 404 g/mol. The Balaban J connectivity index is 1.44. The third-order valence-corrected chi connectivity index (χ3v) is 6.16. The minimum absolute atomic E-state index is 0.135. The van der Waals surface area contributed by atoms with Gasteiger partial charge in [-0.25, -0.2) is 13.8 Å². The molecule has 3 heterocycles. The van der Waals surface area contributed by atoms with Crippen molar-refractivity contribution in [3.63, 3.8) is 0 Å². The molecule has 0 aliphatic carbocycles. The minimum Gasteiger partial charge on any atom is -0.347 e.